The highest BCUT2D eigenvalue weighted by Gasteiger charge is 1.99. The number of hydrogen-bond acceptors (Lipinski definition) is 13. The maximum atomic E-state index is 5.69. The van der Waals surface area contributed by atoms with Crippen molar-refractivity contribution in [3.8, 4) is 0 Å². The molecule has 60 heavy (non-hydrogen) atoms. The number of hydrogen-bond donors (Lipinski definition) is 0. The van der Waals surface area contributed by atoms with E-state index in [1.54, 1.807) is 0 Å². The Morgan fingerprint density at radius 3 is 0.400 bits per heavy atom. The van der Waals surface area contributed by atoms with Gasteiger partial charge in [0.2, 0.25) is 0 Å². The van der Waals surface area contributed by atoms with Crippen LogP contribution < -0.4 is 0 Å². The van der Waals surface area contributed by atoms with Crippen LogP contribution in [0.2, 0.25) is 0 Å². The molecule has 0 atom stereocenters. The van der Waals surface area contributed by atoms with Gasteiger partial charge in [0.05, 0.1) is 159 Å². The summed E-state index contributed by atoms with van der Waals surface area (Å²) in [5.41, 5.74) is 0. The van der Waals surface area contributed by atoms with Gasteiger partial charge < -0.3 is 61.6 Å². The summed E-state index contributed by atoms with van der Waals surface area (Å²) in [7, 11) is 0. The van der Waals surface area contributed by atoms with Gasteiger partial charge in [-0.2, -0.15) is 0 Å². The summed E-state index contributed by atoms with van der Waals surface area (Å²) >= 11 is 0. The molecule has 0 aromatic carbocycles. The molecule has 0 radical (unpaired) electrons. The first kappa shape index (κ1) is 59.5. The van der Waals surface area contributed by atoms with Crippen LogP contribution in [-0.4, -0.2) is 172 Å². The van der Waals surface area contributed by atoms with Crippen molar-refractivity contribution in [2.24, 2.45) is 0 Å². The summed E-state index contributed by atoms with van der Waals surface area (Å²) in [5, 5.41) is 0. The van der Waals surface area contributed by atoms with Crippen LogP contribution in [0.15, 0.2) is 0 Å². The predicted octanol–water partition coefficient (Wildman–Crippen LogP) is 8.65. The zero-order valence-electron chi connectivity index (χ0n) is 39.1. The highest BCUT2D eigenvalue weighted by Crippen LogP contribution is 2.13. The van der Waals surface area contributed by atoms with Gasteiger partial charge in [0, 0.05) is 13.2 Å². The van der Waals surface area contributed by atoms with Crippen molar-refractivity contribution in [2.45, 2.75) is 136 Å². The molecule has 0 aliphatic rings. The number of unbranched alkanes of at least 4 members (excludes halogenated alkanes) is 17. The lowest BCUT2D eigenvalue weighted by molar-refractivity contribution is -0.0290. The smallest absolute Gasteiger partial charge is 0.0701 e. The molecule has 0 heterocycles. The van der Waals surface area contributed by atoms with Crippen LogP contribution in [0, 0.1) is 0 Å². The molecule has 0 fully saturated rings. The van der Waals surface area contributed by atoms with Crippen molar-refractivity contribution in [3.63, 3.8) is 0 Å². The third-order valence-corrected chi connectivity index (χ3v) is 9.50. The van der Waals surface area contributed by atoms with Crippen LogP contribution in [0.25, 0.3) is 0 Å². The topological polar surface area (TPSA) is 120 Å². The fourth-order valence-corrected chi connectivity index (χ4v) is 5.95. The predicted molar refractivity (Wildman–Crippen MR) is 240 cm³/mol. The van der Waals surface area contributed by atoms with E-state index in [2.05, 4.69) is 13.8 Å². The Hall–Kier alpha value is -0.520. The van der Waals surface area contributed by atoms with E-state index in [1.807, 2.05) is 0 Å². The summed E-state index contributed by atoms with van der Waals surface area (Å²) in [6.07, 6.45) is 25.5. The summed E-state index contributed by atoms with van der Waals surface area (Å²) in [6, 6.07) is 0. The second-order valence-electron chi connectivity index (χ2n) is 15.0. The van der Waals surface area contributed by atoms with Crippen LogP contribution in [-0.2, 0) is 61.6 Å². The van der Waals surface area contributed by atoms with Gasteiger partial charge >= 0.3 is 0 Å². The maximum Gasteiger partial charge on any atom is 0.0701 e. The molecule has 0 saturated heterocycles. The molecule has 0 unspecified atom stereocenters. The van der Waals surface area contributed by atoms with Crippen LogP contribution in [0.3, 0.4) is 0 Å². The van der Waals surface area contributed by atoms with E-state index in [0.29, 0.717) is 159 Å². The first-order valence-electron chi connectivity index (χ1n) is 24.4. The molecule has 0 aliphatic heterocycles. The minimum Gasteiger partial charge on any atom is -0.379 e. The van der Waals surface area contributed by atoms with Gasteiger partial charge in [-0.15, -0.1) is 0 Å². The van der Waals surface area contributed by atoms with Gasteiger partial charge in [-0.3, -0.25) is 0 Å². The van der Waals surface area contributed by atoms with Gasteiger partial charge in [-0.1, -0.05) is 123 Å². The highest BCUT2D eigenvalue weighted by atomic mass is 16.6. The van der Waals surface area contributed by atoms with E-state index in [1.165, 1.54) is 109 Å². The Morgan fingerprint density at radius 1 is 0.133 bits per heavy atom. The first-order chi connectivity index (χ1) is 29.9. The highest BCUT2D eigenvalue weighted by molar-refractivity contribution is 4.50. The molecule has 13 heteroatoms. The molecule has 362 valence electrons. The van der Waals surface area contributed by atoms with Crippen molar-refractivity contribution < 1.29 is 61.6 Å². The molecule has 0 aromatic heterocycles. The Morgan fingerprint density at radius 2 is 0.250 bits per heavy atom. The molecular formula is C47H96O13. The van der Waals surface area contributed by atoms with Gasteiger partial charge in [-0.25, -0.2) is 0 Å². The molecule has 0 aliphatic carbocycles. The van der Waals surface area contributed by atoms with Gasteiger partial charge in [0.1, 0.15) is 0 Å². The van der Waals surface area contributed by atoms with Gasteiger partial charge in [0.15, 0.2) is 0 Å². The summed E-state index contributed by atoms with van der Waals surface area (Å²) in [5.74, 6) is 0. The third kappa shape index (κ3) is 57.5. The number of rotatable bonds is 57. The molecule has 13 nitrogen and oxygen atoms in total. The summed E-state index contributed by atoms with van der Waals surface area (Å²) < 4.78 is 72.1. The van der Waals surface area contributed by atoms with Crippen molar-refractivity contribution >= 4 is 0 Å². The Kier molecular flexibility index (Phi) is 58.0. The fraction of sp³-hybridized carbons (Fsp3) is 1.00. The Balaban J connectivity index is 3.06. The van der Waals surface area contributed by atoms with Crippen molar-refractivity contribution in [1.29, 1.82) is 0 Å². The third-order valence-electron chi connectivity index (χ3n) is 9.50. The zero-order valence-corrected chi connectivity index (χ0v) is 39.1. The fourth-order valence-electron chi connectivity index (χ4n) is 5.95. The lowest BCUT2D eigenvalue weighted by atomic mass is 10.0. The largest absolute Gasteiger partial charge is 0.379 e. The quantitative estimate of drug-likeness (QED) is 0.0543. The zero-order chi connectivity index (χ0) is 43.0. The van der Waals surface area contributed by atoms with Crippen LogP contribution in [0.5, 0.6) is 0 Å². The number of ether oxygens (including phenoxy) is 13. The minimum atomic E-state index is 0.517. The minimum absolute atomic E-state index is 0.517. The Bertz CT molecular complexity index is 667. The van der Waals surface area contributed by atoms with Gasteiger partial charge in [0.25, 0.3) is 0 Å². The van der Waals surface area contributed by atoms with Crippen LogP contribution >= 0.6 is 0 Å². The monoisotopic (exact) mass is 869 g/mol. The van der Waals surface area contributed by atoms with Crippen molar-refractivity contribution in [1.82, 2.24) is 0 Å². The van der Waals surface area contributed by atoms with E-state index in [-0.39, 0.29) is 0 Å². The molecule has 0 amide bonds. The maximum absolute atomic E-state index is 5.69. The summed E-state index contributed by atoms with van der Waals surface area (Å²) in [6.45, 7) is 19.4. The molecule has 0 spiro atoms. The van der Waals surface area contributed by atoms with E-state index < -0.39 is 0 Å². The molecule has 0 aromatic rings. The first-order valence-corrected chi connectivity index (χ1v) is 24.4. The normalized spacial score (nSPS) is 11.7. The molecule has 0 rings (SSSR count). The lowest BCUT2D eigenvalue weighted by Gasteiger charge is -2.09. The van der Waals surface area contributed by atoms with Crippen molar-refractivity contribution in [2.75, 3.05) is 172 Å². The Labute approximate surface area is 368 Å². The van der Waals surface area contributed by atoms with Gasteiger partial charge in [-0.05, 0) is 12.8 Å². The molecular weight excluding hydrogens is 773 g/mol. The summed E-state index contributed by atoms with van der Waals surface area (Å²) in [4.78, 5) is 0. The SMILES string of the molecule is CCCCCCCCCCCCCCCCOCCOCCOCCOCCOCCOCCOCCOCCOCCOCCOCCOCCOCCCCCCC. The van der Waals surface area contributed by atoms with Crippen LogP contribution in [0.4, 0.5) is 0 Å². The van der Waals surface area contributed by atoms with E-state index in [0.717, 1.165) is 26.1 Å². The molecule has 0 saturated carbocycles. The lowest BCUT2D eigenvalue weighted by Crippen LogP contribution is -2.15. The standard InChI is InChI=1S/C47H96O13/c1-3-5-7-9-10-11-12-13-14-15-16-17-19-21-23-49-25-27-51-29-31-53-33-35-55-37-39-57-41-43-59-45-47-60-46-44-58-42-40-56-38-36-54-34-32-52-30-28-50-26-24-48-22-20-18-8-6-4-2/h3-47H2,1-2H3. The average Bonchev–Trinajstić information content (AvgIpc) is 3.26. The van der Waals surface area contributed by atoms with Crippen LogP contribution in [0.1, 0.15) is 136 Å². The van der Waals surface area contributed by atoms with E-state index >= 15 is 0 Å². The second-order valence-corrected chi connectivity index (χ2v) is 15.0. The van der Waals surface area contributed by atoms with Crippen molar-refractivity contribution in [3.05, 3.63) is 0 Å². The second kappa shape index (κ2) is 58.5. The average molecular weight is 869 g/mol. The van der Waals surface area contributed by atoms with E-state index in [4.69, 9.17) is 61.6 Å². The molecule has 0 bridgehead atoms. The molecule has 0 N–H and O–H groups in total. The van der Waals surface area contributed by atoms with E-state index in [9.17, 15) is 0 Å².